The molecule has 6 heteroatoms. The van der Waals surface area contributed by atoms with E-state index in [2.05, 4.69) is 0 Å². The van der Waals surface area contributed by atoms with Crippen molar-refractivity contribution in [3.63, 3.8) is 0 Å². The van der Waals surface area contributed by atoms with Crippen molar-refractivity contribution in [2.24, 2.45) is 11.8 Å². The maximum atomic E-state index is 11.6. The Morgan fingerprint density at radius 3 is 2.00 bits per heavy atom. The van der Waals surface area contributed by atoms with Crippen LogP contribution in [0.4, 0.5) is 0 Å². The summed E-state index contributed by atoms with van der Waals surface area (Å²) < 4.78 is -2.04. The second-order valence-corrected chi connectivity index (χ2v) is 5.64. The third-order valence-corrected chi connectivity index (χ3v) is 2.92. The summed E-state index contributed by atoms with van der Waals surface area (Å²) in [4.78, 5) is 22.5. The smallest absolute Gasteiger partial charge is 0.307 e. The molecular weight excluding hydrogens is 262 g/mol. The minimum Gasteiger partial charge on any atom is -0.481 e. The van der Waals surface area contributed by atoms with E-state index in [1.807, 2.05) is 0 Å². The molecule has 0 aromatic carbocycles. The van der Waals surface area contributed by atoms with E-state index in [-0.39, 0.29) is 0 Å². The van der Waals surface area contributed by atoms with Crippen LogP contribution in [0.15, 0.2) is 12.2 Å². The number of carboxylic acid groups (broad SMARTS) is 1. The molecule has 1 rings (SSSR count). The van der Waals surface area contributed by atoms with Crippen molar-refractivity contribution in [1.82, 2.24) is 0 Å². The van der Waals surface area contributed by atoms with Gasteiger partial charge in [-0.05, 0) is 12.8 Å². The molecule has 0 saturated heterocycles. The highest BCUT2D eigenvalue weighted by Gasteiger charge is 2.42. The van der Waals surface area contributed by atoms with Crippen molar-refractivity contribution in [2.45, 2.75) is 16.6 Å². The van der Waals surface area contributed by atoms with Gasteiger partial charge in [0.15, 0.2) is 5.78 Å². The molecule has 1 aliphatic rings. The van der Waals surface area contributed by atoms with Gasteiger partial charge in [-0.2, -0.15) is 0 Å². The van der Waals surface area contributed by atoms with Crippen molar-refractivity contribution < 1.29 is 14.7 Å². The van der Waals surface area contributed by atoms with E-state index in [1.54, 1.807) is 12.2 Å². The van der Waals surface area contributed by atoms with Crippen LogP contribution >= 0.6 is 34.8 Å². The lowest BCUT2D eigenvalue weighted by Gasteiger charge is -2.26. The van der Waals surface area contributed by atoms with Crippen LogP contribution in [-0.4, -0.2) is 20.7 Å². The molecule has 3 nitrogen and oxygen atoms in total. The predicted octanol–water partition coefficient (Wildman–Crippen LogP) is 2.59. The Morgan fingerprint density at radius 2 is 1.60 bits per heavy atom. The van der Waals surface area contributed by atoms with Gasteiger partial charge in [0.25, 0.3) is 0 Å². The Balaban J connectivity index is 2.88. The number of alkyl halides is 3. The van der Waals surface area contributed by atoms with Gasteiger partial charge >= 0.3 is 5.97 Å². The molecule has 0 aliphatic heterocycles. The molecule has 0 aromatic rings. The molecule has 0 spiro atoms. The summed E-state index contributed by atoms with van der Waals surface area (Å²) in [5.41, 5.74) is 0. The third-order valence-electron chi connectivity index (χ3n) is 2.37. The number of Topliss-reactive ketones (excluding diaryl/α,β-unsaturated/α-hetero) is 1. The van der Waals surface area contributed by atoms with Crippen molar-refractivity contribution in [1.29, 1.82) is 0 Å². The van der Waals surface area contributed by atoms with Gasteiger partial charge in [0.1, 0.15) is 0 Å². The average Bonchev–Trinajstić information content (AvgIpc) is 2.15. The van der Waals surface area contributed by atoms with Crippen molar-refractivity contribution in [3.05, 3.63) is 12.2 Å². The van der Waals surface area contributed by atoms with Crippen LogP contribution in [0.25, 0.3) is 0 Å². The van der Waals surface area contributed by atoms with E-state index < -0.39 is 27.4 Å². The third kappa shape index (κ3) is 3.10. The Morgan fingerprint density at radius 1 is 1.13 bits per heavy atom. The topological polar surface area (TPSA) is 54.4 Å². The highest BCUT2D eigenvalue weighted by Crippen LogP contribution is 2.36. The van der Waals surface area contributed by atoms with Crippen LogP contribution in [0.5, 0.6) is 0 Å². The van der Waals surface area contributed by atoms with E-state index in [1.165, 1.54) is 0 Å². The average molecular weight is 272 g/mol. The van der Waals surface area contributed by atoms with E-state index in [9.17, 15) is 9.59 Å². The maximum Gasteiger partial charge on any atom is 0.307 e. The summed E-state index contributed by atoms with van der Waals surface area (Å²) in [6.07, 6.45) is 4.07. The number of rotatable bonds is 2. The number of aliphatic carboxylic acids is 1. The Bertz CT molecular complexity index is 306. The fourth-order valence-electron chi connectivity index (χ4n) is 1.59. The molecule has 2 atom stereocenters. The molecule has 0 aromatic heterocycles. The van der Waals surface area contributed by atoms with Gasteiger partial charge in [-0.1, -0.05) is 47.0 Å². The zero-order valence-corrected chi connectivity index (χ0v) is 9.89. The number of allylic oxidation sites excluding steroid dienone is 2. The summed E-state index contributed by atoms with van der Waals surface area (Å²) in [7, 11) is 0. The summed E-state index contributed by atoms with van der Waals surface area (Å²) >= 11 is 16.4. The van der Waals surface area contributed by atoms with Crippen LogP contribution in [0.2, 0.25) is 0 Å². The van der Waals surface area contributed by atoms with Gasteiger partial charge in [0.2, 0.25) is 3.79 Å². The minimum absolute atomic E-state index is 0.298. The van der Waals surface area contributed by atoms with Crippen molar-refractivity contribution >= 4 is 46.6 Å². The van der Waals surface area contributed by atoms with Crippen LogP contribution in [-0.2, 0) is 9.59 Å². The lowest BCUT2D eigenvalue weighted by atomic mass is 9.80. The first-order chi connectivity index (χ1) is 6.84. The van der Waals surface area contributed by atoms with Crippen LogP contribution < -0.4 is 0 Å². The molecule has 0 heterocycles. The second-order valence-electron chi connectivity index (χ2n) is 3.36. The first-order valence-electron chi connectivity index (χ1n) is 4.33. The largest absolute Gasteiger partial charge is 0.481 e. The Labute approximate surface area is 102 Å². The van der Waals surface area contributed by atoms with E-state index in [0.717, 1.165) is 0 Å². The SMILES string of the molecule is O=C(O)C1CC=CCC1C(=O)C(Cl)(Cl)Cl. The predicted molar refractivity (Wildman–Crippen MR) is 58.3 cm³/mol. The lowest BCUT2D eigenvalue weighted by Crippen LogP contribution is -2.37. The molecule has 0 radical (unpaired) electrons. The van der Waals surface area contributed by atoms with Crippen LogP contribution in [0.1, 0.15) is 12.8 Å². The van der Waals surface area contributed by atoms with Gasteiger partial charge in [0, 0.05) is 5.92 Å². The highest BCUT2D eigenvalue weighted by molar-refractivity contribution is 6.76. The first kappa shape index (κ1) is 12.8. The summed E-state index contributed by atoms with van der Waals surface area (Å²) in [5.74, 6) is -3.23. The van der Waals surface area contributed by atoms with E-state index >= 15 is 0 Å². The fraction of sp³-hybridized carbons (Fsp3) is 0.556. The number of hydrogen-bond donors (Lipinski definition) is 1. The quantitative estimate of drug-likeness (QED) is 0.620. The van der Waals surface area contributed by atoms with Gasteiger partial charge in [-0.15, -0.1) is 0 Å². The zero-order valence-electron chi connectivity index (χ0n) is 7.62. The normalized spacial score (nSPS) is 26.3. The number of hydrogen-bond acceptors (Lipinski definition) is 2. The van der Waals surface area contributed by atoms with Crippen molar-refractivity contribution in [2.75, 3.05) is 0 Å². The molecule has 84 valence electrons. The molecule has 0 saturated carbocycles. The van der Waals surface area contributed by atoms with Crippen molar-refractivity contribution in [3.8, 4) is 0 Å². The van der Waals surface area contributed by atoms with Gasteiger partial charge in [-0.25, -0.2) is 0 Å². The Kier molecular flexibility index (Phi) is 4.04. The number of halogens is 3. The lowest BCUT2D eigenvalue weighted by molar-refractivity contribution is -0.146. The standard InChI is InChI=1S/C9H9Cl3O3/c10-9(11,12)7(13)5-3-1-2-4-6(5)8(14)15/h1-2,5-6H,3-4H2,(H,14,15). The molecule has 0 amide bonds. The molecule has 2 unspecified atom stereocenters. The monoisotopic (exact) mass is 270 g/mol. The molecule has 0 bridgehead atoms. The molecule has 0 fully saturated rings. The van der Waals surface area contributed by atoms with Crippen LogP contribution in [0, 0.1) is 11.8 Å². The van der Waals surface area contributed by atoms with Gasteiger partial charge < -0.3 is 5.11 Å². The minimum atomic E-state index is -2.04. The zero-order chi connectivity index (χ0) is 11.6. The summed E-state index contributed by atoms with van der Waals surface area (Å²) in [5, 5.41) is 8.91. The number of carbonyl (C=O) groups excluding carboxylic acids is 1. The molecule has 1 N–H and O–H groups in total. The number of carboxylic acids is 1. The number of ketones is 1. The first-order valence-corrected chi connectivity index (χ1v) is 5.46. The fourth-order valence-corrected chi connectivity index (χ4v) is 2.01. The number of carbonyl (C=O) groups is 2. The van der Waals surface area contributed by atoms with Gasteiger partial charge in [0.05, 0.1) is 5.92 Å². The van der Waals surface area contributed by atoms with E-state index in [0.29, 0.717) is 12.8 Å². The van der Waals surface area contributed by atoms with Crippen LogP contribution in [0.3, 0.4) is 0 Å². The molecule has 15 heavy (non-hydrogen) atoms. The Hall–Kier alpha value is -0.250. The van der Waals surface area contributed by atoms with Gasteiger partial charge in [-0.3, -0.25) is 9.59 Å². The van der Waals surface area contributed by atoms with E-state index in [4.69, 9.17) is 39.9 Å². The summed E-state index contributed by atoms with van der Waals surface area (Å²) in [6, 6.07) is 0. The maximum absolute atomic E-state index is 11.6. The molecule has 1 aliphatic carbocycles. The second kappa shape index (κ2) is 4.73. The summed E-state index contributed by atoms with van der Waals surface area (Å²) in [6.45, 7) is 0. The molecular formula is C9H9Cl3O3. The highest BCUT2D eigenvalue weighted by atomic mass is 35.6.